The minimum absolute atomic E-state index is 0.747. The van der Waals surface area contributed by atoms with Gasteiger partial charge in [-0.3, -0.25) is 5.10 Å². The van der Waals surface area contributed by atoms with Gasteiger partial charge in [0, 0.05) is 18.3 Å². The topological polar surface area (TPSA) is 79.4 Å². The van der Waals surface area contributed by atoms with Crippen molar-refractivity contribution >= 4 is 28.2 Å². The first kappa shape index (κ1) is 11.1. The zero-order valence-corrected chi connectivity index (χ0v) is 10.7. The van der Waals surface area contributed by atoms with Gasteiger partial charge >= 0.3 is 0 Å². The molecule has 0 aliphatic rings. The number of thiazole rings is 1. The monoisotopic (exact) mass is 260 g/mol. The van der Waals surface area contributed by atoms with Crippen LogP contribution in [0.15, 0.2) is 17.9 Å². The molecule has 0 saturated heterocycles. The van der Waals surface area contributed by atoms with E-state index in [1.54, 1.807) is 17.5 Å². The van der Waals surface area contributed by atoms with E-state index in [1.807, 2.05) is 6.92 Å². The Morgan fingerprint density at radius 2 is 2.33 bits per heavy atom. The van der Waals surface area contributed by atoms with Crippen LogP contribution >= 0.6 is 11.3 Å². The van der Waals surface area contributed by atoms with Gasteiger partial charge in [0.25, 0.3) is 0 Å². The van der Waals surface area contributed by atoms with E-state index >= 15 is 0 Å². The number of aromatic amines is 1. The quantitative estimate of drug-likeness (QED) is 0.747. The normalized spacial score (nSPS) is 10.9. The Balaban J connectivity index is 1.68. The highest BCUT2D eigenvalue weighted by Gasteiger charge is 2.05. The van der Waals surface area contributed by atoms with Crippen LogP contribution in [-0.2, 0) is 6.42 Å². The SMILES string of the molecule is Cc1nc(CCNc2ncnc3[nH]ncc23)cs1. The summed E-state index contributed by atoms with van der Waals surface area (Å²) in [5, 5.41) is 14.2. The van der Waals surface area contributed by atoms with Crippen molar-refractivity contribution in [2.45, 2.75) is 13.3 Å². The molecule has 0 atom stereocenters. The molecule has 6 nitrogen and oxygen atoms in total. The molecule has 0 saturated carbocycles. The Morgan fingerprint density at radius 3 is 3.17 bits per heavy atom. The molecule has 18 heavy (non-hydrogen) atoms. The predicted octanol–water partition coefficient (Wildman–Crippen LogP) is 1.77. The number of hydrogen-bond acceptors (Lipinski definition) is 6. The van der Waals surface area contributed by atoms with Crippen LogP contribution in [0.3, 0.4) is 0 Å². The van der Waals surface area contributed by atoms with E-state index in [0.717, 1.165) is 40.5 Å². The molecule has 0 aliphatic heterocycles. The van der Waals surface area contributed by atoms with Gasteiger partial charge in [-0.25, -0.2) is 15.0 Å². The first-order valence-corrected chi connectivity index (χ1v) is 6.50. The van der Waals surface area contributed by atoms with Gasteiger partial charge in [0.05, 0.1) is 22.3 Å². The zero-order valence-electron chi connectivity index (χ0n) is 9.84. The smallest absolute Gasteiger partial charge is 0.160 e. The highest BCUT2D eigenvalue weighted by Crippen LogP contribution is 2.16. The molecule has 0 fully saturated rings. The fraction of sp³-hybridized carbons (Fsp3) is 0.273. The Morgan fingerprint density at radius 1 is 1.39 bits per heavy atom. The van der Waals surface area contributed by atoms with Gasteiger partial charge in [-0.2, -0.15) is 5.10 Å². The summed E-state index contributed by atoms with van der Waals surface area (Å²) in [7, 11) is 0. The van der Waals surface area contributed by atoms with Gasteiger partial charge in [-0.15, -0.1) is 11.3 Å². The molecule has 3 aromatic rings. The largest absolute Gasteiger partial charge is 0.369 e. The molecule has 92 valence electrons. The van der Waals surface area contributed by atoms with Crippen LogP contribution in [0.1, 0.15) is 10.7 Å². The predicted molar refractivity (Wildman–Crippen MR) is 70.7 cm³/mol. The van der Waals surface area contributed by atoms with Gasteiger partial charge in [0.15, 0.2) is 5.65 Å². The molecular weight excluding hydrogens is 248 g/mol. The van der Waals surface area contributed by atoms with Gasteiger partial charge in [0.1, 0.15) is 12.1 Å². The molecule has 0 radical (unpaired) electrons. The average molecular weight is 260 g/mol. The molecule has 0 spiro atoms. The molecule has 3 rings (SSSR count). The summed E-state index contributed by atoms with van der Waals surface area (Å²) in [6.07, 6.45) is 4.13. The van der Waals surface area contributed by atoms with E-state index in [2.05, 4.69) is 35.8 Å². The maximum Gasteiger partial charge on any atom is 0.160 e. The molecule has 0 unspecified atom stereocenters. The summed E-state index contributed by atoms with van der Waals surface area (Å²) in [6, 6.07) is 0. The number of fused-ring (bicyclic) bond motifs is 1. The number of rotatable bonds is 4. The van der Waals surface area contributed by atoms with Crippen molar-refractivity contribution in [2.24, 2.45) is 0 Å². The first-order valence-electron chi connectivity index (χ1n) is 5.62. The van der Waals surface area contributed by atoms with Crippen molar-refractivity contribution in [1.29, 1.82) is 0 Å². The van der Waals surface area contributed by atoms with Crippen LogP contribution in [0.4, 0.5) is 5.82 Å². The van der Waals surface area contributed by atoms with Crippen LogP contribution < -0.4 is 5.32 Å². The van der Waals surface area contributed by atoms with Gasteiger partial charge in [-0.1, -0.05) is 0 Å². The number of aryl methyl sites for hydroxylation is 1. The number of anilines is 1. The van der Waals surface area contributed by atoms with Crippen LogP contribution in [0.5, 0.6) is 0 Å². The van der Waals surface area contributed by atoms with E-state index in [0.29, 0.717) is 0 Å². The van der Waals surface area contributed by atoms with Crippen LogP contribution in [0, 0.1) is 6.92 Å². The first-order chi connectivity index (χ1) is 8.83. The molecular formula is C11H12N6S. The minimum Gasteiger partial charge on any atom is -0.369 e. The lowest BCUT2D eigenvalue weighted by Gasteiger charge is -2.04. The van der Waals surface area contributed by atoms with Crippen molar-refractivity contribution in [1.82, 2.24) is 25.1 Å². The fourth-order valence-corrected chi connectivity index (χ4v) is 2.38. The molecule has 0 aromatic carbocycles. The maximum absolute atomic E-state index is 4.42. The van der Waals surface area contributed by atoms with Crippen molar-refractivity contribution in [3.63, 3.8) is 0 Å². The second-order valence-electron chi connectivity index (χ2n) is 3.89. The van der Waals surface area contributed by atoms with Crippen molar-refractivity contribution < 1.29 is 0 Å². The summed E-state index contributed by atoms with van der Waals surface area (Å²) >= 11 is 1.68. The lowest BCUT2D eigenvalue weighted by molar-refractivity contribution is 0.960. The Bertz CT molecular complexity index is 658. The van der Waals surface area contributed by atoms with Gasteiger partial charge in [0.2, 0.25) is 0 Å². The summed E-state index contributed by atoms with van der Waals surface area (Å²) in [5.41, 5.74) is 1.86. The van der Waals surface area contributed by atoms with Crippen LogP contribution in [-0.4, -0.2) is 31.7 Å². The van der Waals surface area contributed by atoms with E-state index in [-0.39, 0.29) is 0 Å². The Hall–Kier alpha value is -2.02. The maximum atomic E-state index is 4.42. The Labute approximate surface area is 108 Å². The summed E-state index contributed by atoms with van der Waals surface area (Å²) in [6.45, 7) is 2.81. The van der Waals surface area contributed by atoms with Crippen molar-refractivity contribution in [2.75, 3.05) is 11.9 Å². The van der Waals surface area contributed by atoms with Crippen molar-refractivity contribution in [3.05, 3.63) is 28.6 Å². The lowest BCUT2D eigenvalue weighted by atomic mass is 10.3. The number of nitrogens with zero attached hydrogens (tertiary/aromatic N) is 4. The third-order valence-corrected chi connectivity index (χ3v) is 3.41. The number of aromatic nitrogens is 5. The van der Waals surface area contributed by atoms with Crippen molar-refractivity contribution in [3.8, 4) is 0 Å². The average Bonchev–Trinajstić information content (AvgIpc) is 2.98. The molecule has 7 heteroatoms. The van der Waals surface area contributed by atoms with Crippen LogP contribution in [0.25, 0.3) is 11.0 Å². The van der Waals surface area contributed by atoms with Crippen LogP contribution in [0.2, 0.25) is 0 Å². The number of hydrogen-bond donors (Lipinski definition) is 2. The van der Waals surface area contributed by atoms with E-state index in [1.165, 1.54) is 6.33 Å². The fourth-order valence-electron chi connectivity index (χ4n) is 1.74. The third kappa shape index (κ3) is 2.17. The zero-order chi connectivity index (χ0) is 12.4. The molecule has 3 aromatic heterocycles. The van der Waals surface area contributed by atoms with E-state index in [9.17, 15) is 0 Å². The van der Waals surface area contributed by atoms with E-state index < -0.39 is 0 Å². The molecule has 0 amide bonds. The molecule has 2 N–H and O–H groups in total. The summed E-state index contributed by atoms with van der Waals surface area (Å²) in [4.78, 5) is 12.7. The summed E-state index contributed by atoms with van der Waals surface area (Å²) < 4.78 is 0. The standard InChI is InChI=1S/C11H12N6S/c1-7-16-8(5-18-7)2-3-12-10-9-4-15-17-11(9)14-6-13-10/h4-6H,2-3H2,1H3,(H2,12,13,14,15,17). The molecule has 0 aliphatic carbocycles. The second-order valence-corrected chi connectivity index (χ2v) is 4.95. The second kappa shape index (κ2) is 4.69. The van der Waals surface area contributed by atoms with Gasteiger partial charge < -0.3 is 5.32 Å². The highest BCUT2D eigenvalue weighted by molar-refractivity contribution is 7.09. The highest BCUT2D eigenvalue weighted by atomic mass is 32.1. The molecule has 3 heterocycles. The number of H-pyrrole nitrogens is 1. The minimum atomic E-state index is 0.747. The third-order valence-electron chi connectivity index (χ3n) is 2.59. The number of nitrogens with one attached hydrogen (secondary N) is 2. The molecule has 0 bridgehead atoms. The summed E-state index contributed by atoms with van der Waals surface area (Å²) in [5.74, 6) is 0.806. The Kier molecular flexibility index (Phi) is 2.89. The lowest BCUT2D eigenvalue weighted by Crippen LogP contribution is -2.07. The van der Waals surface area contributed by atoms with E-state index in [4.69, 9.17) is 0 Å². The van der Waals surface area contributed by atoms with Gasteiger partial charge in [-0.05, 0) is 6.92 Å².